The Hall–Kier alpha value is -1.35. The van der Waals surface area contributed by atoms with Gasteiger partial charge in [0.2, 0.25) is 0 Å². The lowest BCUT2D eigenvalue weighted by atomic mass is 10.1. The number of rotatable bonds is 6. The normalized spacial score (nSPS) is 11.4. The van der Waals surface area contributed by atoms with E-state index in [9.17, 15) is 4.39 Å². The predicted molar refractivity (Wildman–Crippen MR) is 69.7 cm³/mol. The van der Waals surface area contributed by atoms with Crippen LogP contribution in [0.3, 0.4) is 0 Å². The molecule has 0 spiro atoms. The van der Waals surface area contributed by atoms with E-state index in [0.717, 1.165) is 13.0 Å². The number of ether oxygens (including phenoxy) is 1. The molecule has 0 bridgehead atoms. The molecule has 0 aliphatic rings. The van der Waals surface area contributed by atoms with E-state index in [-0.39, 0.29) is 11.6 Å². The second kappa shape index (κ2) is 7.07. The zero-order valence-electron chi connectivity index (χ0n) is 10.7. The minimum Gasteiger partial charge on any atom is -0.494 e. The molecule has 94 valence electrons. The molecule has 0 atom stereocenters. The molecule has 1 rings (SSSR count). The fraction of sp³-hybridized carbons (Fsp3) is 0.429. The molecule has 0 aromatic heterocycles. The first-order valence-electron chi connectivity index (χ1n) is 5.87. The lowest BCUT2D eigenvalue weighted by Gasteiger charge is -2.05. The van der Waals surface area contributed by atoms with E-state index < -0.39 is 0 Å². The van der Waals surface area contributed by atoms with E-state index in [1.54, 1.807) is 24.3 Å². The molecule has 3 heteroatoms. The molecular weight excluding hydrogens is 217 g/mol. The fourth-order valence-electron chi connectivity index (χ4n) is 1.48. The summed E-state index contributed by atoms with van der Waals surface area (Å²) in [5.74, 6) is -0.0180. The minimum atomic E-state index is -0.303. The third-order valence-electron chi connectivity index (χ3n) is 2.37. The van der Waals surface area contributed by atoms with Crippen LogP contribution in [0, 0.1) is 5.82 Å². The summed E-state index contributed by atoms with van der Waals surface area (Å²) >= 11 is 0. The largest absolute Gasteiger partial charge is 0.494 e. The van der Waals surface area contributed by atoms with E-state index in [4.69, 9.17) is 4.74 Å². The zero-order chi connectivity index (χ0) is 12.7. The summed E-state index contributed by atoms with van der Waals surface area (Å²) in [6.07, 6.45) is 4.64. The Bertz CT molecular complexity index is 374. The van der Waals surface area contributed by atoms with E-state index in [1.807, 2.05) is 6.08 Å². The third-order valence-corrected chi connectivity index (χ3v) is 2.37. The molecule has 0 aliphatic heterocycles. The Morgan fingerprint density at radius 2 is 2.18 bits per heavy atom. The molecule has 0 radical (unpaired) electrons. The lowest BCUT2D eigenvalue weighted by molar-refractivity contribution is 0.386. The molecule has 1 aromatic carbocycles. The summed E-state index contributed by atoms with van der Waals surface area (Å²) in [6.45, 7) is 5.11. The van der Waals surface area contributed by atoms with E-state index in [1.165, 1.54) is 7.11 Å². The van der Waals surface area contributed by atoms with Crippen molar-refractivity contribution < 1.29 is 9.13 Å². The van der Waals surface area contributed by atoms with Crippen molar-refractivity contribution in [1.29, 1.82) is 0 Å². The molecule has 0 fully saturated rings. The van der Waals surface area contributed by atoms with Crippen molar-refractivity contribution in [2.24, 2.45) is 0 Å². The van der Waals surface area contributed by atoms with Crippen LogP contribution in [0.5, 0.6) is 5.75 Å². The van der Waals surface area contributed by atoms with E-state index in [2.05, 4.69) is 19.2 Å². The van der Waals surface area contributed by atoms with Gasteiger partial charge in [0.25, 0.3) is 0 Å². The number of hydrogen-bond donors (Lipinski definition) is 1. The maximum Gasteiger partial charge on any atom is 0.172 e. The minimum absolute atomic E-state index is 0.285. The Balaban J connectivity index is 2.53. The maximum atomic E-state index is 13.7. The molecule has 0 amide bonds. The summed E-state index contributed by atoms with van der Waals surface area (Å²) in [7, 11) is 1.47. The lowest BCUT2D eigenvalue weighted by Crippen LogP contribution is -2.23. The average Bonchev–Trinajstić information content (AvgIpc) is 2.30. The van der Waals surface area contributed by atoms with Gasteiger partial charge in [-0.2, -0.15) is 0 Å². The van der Waals surface area contributed by atoms with Gasteiger partial charge < -0.3 is 10.1 Å². The quantitative estimate of drug-likeness (QED) is 0.767. The van der Waals surface area contributed by atoms with Crippen molar-refractivity contribution in [3.8, 4) is 5.75 Å². The molecule has 0 aliphatic carbocycles. The Morgan fingerprint density at radius 3 is 2.82 bits per heavy atom. The van der Waals surface area contributed by atoms with Crippen molar-refractivity contribution in [2.75, 3.05) is 13.7 Å². The number of methoxy groups -OCH3 is 1. The molecule has 0 heterocycles. The molecular formula is C14H20FNO. The van der Waals surface area contributed by atoms with Crippen molar-refractivity contribution in [3.63, 3.8) is 0 Å². The van der Waals surface area contributed by atoms with Crippen molar-refractivity contribution in [1.82, 2.24) is 5.32 Å². The average molecular weight is 237 g/mol. The highest BCUT2D eigenvalue weighted by Gasteiger charge is 2.04. The number of benzene rings is 1. The van der Waals surface area contributed by atoms with Crippen LogP contribution in [-0.4, -0.2) is 19.7 Å². The summed E-state index contributed by atoms with van der Waals surface area (Å²) in [6, 6.07) is 5.63. The van der Waals surface area contributed by atoms with Gasteiger partial charge in [-0.1, -0.05) is 38.1 Å². The second-order valence-electron chi connectivity index (χ2n) is 4.16. The molecule has 2 nitrogen and oxygen atoms in total. The first-order valence-corrected chi connectivity index (χ1v) is 5.87. The molecule has 0 saturated carbocycles. The molecule has 0 saturated heterocycles. The van der Waals surface area contributed by atoms with Crippen LogP contribution in [0.25, 0.3) is 6.08 Å². The SMILES string of the molecule is COc1cccc(/C=C/CCNC(C)C)c1F. The van der Waals surface area contributed by atoms with Gasteiger partial charge in [0.1, 0.15) is 0 Å². The highest BCUT2D eigenvalue weighted by molar-refractivity contribution is 5.52. The Morgan fingerprint density at radius 1 is 1.41 bits per heavy atom. The van der Waals surface area contributed by atoms with Crippen molar-refractivity contribution in [3.05, 3.63) is 35.7 Å². The Kier molecular flexibility index (Phi) is 5.70. The van der Waals surface area contributed by atoms with Crippen LogP contribution in [0.1, 0.15) is 25.8 Å². The summed E-state index contributed by atoms with van der Waals surface area (Å²) in [5, 5.41) is 3.30. The Labute approximate surface area is 102 Å². The second-order valence-corrected chi connectivity index (χ2v) is 4.16. The fourth-order valence-corrected chi connectivity index (χ4v) is 1.48. The van der Waals surface area contributed by atoms with E-state index >= 15 is 0 Å². The van der Waals surface area contributed by atoms with Crippen LogP contribution >= 0.6 is 0 Å². The smallest absolute Gasteiger partial charge is 0.172 e. The van der Waals surface area contributed by atoms with Crippen LogP contribution in [0.15, 0.2) is 24.3 Å². The number of nitrogens with one attached hydrogen (secondary N) is 1. The van der Waals surface area contributed by atoms with Crippen LogP contribution in [-0.2, 0) is 0 Å². The van der Waals surface area contributed by atoms with Gasteiger partial charge in [-0.25, -0.2) is 4.39 Å². The van der Waals surface area contributed by atoms with Gasteiger partial charge >= 0.3 is 0 Å². The molecule has 17 heavy (non-hydrogen) atoms. The number of hydrogen-bond acceptors (Lipinski definition) is 2. The van der Waals surface area contributed by atoms with Crippen LogP contribution < -0.4 is 10.1 Å². The van der Waals surface area contributed by atoms with Crippen molar-refractivity contribution >= 4 is 6.08 Å². The molecule has 1 aromatic rings. The summed E-state index contributed by atoms with van der Waals surface area (Å²) in [5.41, 5.74) is 0.564. The van der Waals surface area contributed by atoms with Crippen LogP contribution in [0.4, 0.5) is 4.39 Å². The monoisotopic (exact) mass is 237 g/mol. The summed E-state index contributed by atoms with van der Waals surface area (Å²) < 4.78 is 18.6. The van der Waals surface area contributed by atoms with Gasteiger partial charge in [0, 0.05) is 11.6 Å². The standard InChI is InChI=1S/C14H20FNO/c1-11(2)16-10-5-4-7-12-8-6-9-13(17-3)14(12)15/h4,6-9,11,16H,5,10H2,1-3H3/b7-4+. The molecule has 0 unspecified atom stereocenters. The van der Waals surface area contributed by atoms with E-state index in [0.29, 0.717) is 11.6 Å². The number of halogens is 1. The van der Waals surface area contributed by atoms with Crippen molar-refractivity contribution in [2.45, 2.75) is 26.3 Å². The topological polar surface area (TPSA) is 21.3 Å². The van der Waals surface area contributed by atoms with Gasteiger partial charge in [-0.05, 0) is 19.0 Å². The van der Waals surface area contributed by atoms with Gasteiger partial charge in [-0.3, -0.25) is 0 Å². The van der Waals surface area contributed by atoms with Gasteiger partial charge in [-0.15, -0.1) is 0 Å². The highest BCUT2D eigenvalue weighted by atomic mass is 19.1. The van der Waals surface area contributed by atoms with Gasteiger partial charge in [0.05, 0.1) is 7.11 Å². The van der Waals surface area contributed by atoms with Gasteiger partial charge in [0.15, 0.2) is 11.6 Å². The first-order chi connectivity index (χ1) is 8.15. The summed E-state index contributed by atoms with van der Waals surface area (Å²) in [4.78, 5) is 0. The third kappa shape index (κ3) is 4.57. The highest BCUT2D eigenvalue weighted by Crippen LogP contribution is 2.20. The predicted octanol–water partition coefficient (Wildman–Crippen LogP) is 3.24. The maximum absolute atomic E-state index is 13.7. The van der Waals surface area contributed by atoms with Crippen LogP contribution in [0.2, 0.25) is 0 Å². The first kappa shape index (κ1) is 13.7. The zero-order valence-corrected chi connectivity index (χ0v) is 10.7. The molecule has 1 N–H and O–H groups in total.